The van der Waals surface area contributed by atoms with E-state index in [2.05, 4.69) is 22.1 Å². The molecule has 6 nitrogen and oxygen atoms in total. The van der Waals surface area contributed by atoms with Gasteiger partial charge < -0.3 is 10.1 Å². The number of hydrogen-bond donors (Lipinski definition) is 1. The maximum atomic E-state index is 12.1. The number of benzene rings is 1. The third kappa shape index (κ3) is 5.32. The molecule has 8 heteroatoms. The lowest BCUT2D eigenvalue weighted by atomic mass is 10.2. The van der Waals surface area contributed by atoms with Gasteiger partial charge in [0.1, 0.15) is 0 Å². The first kappa shape index (κ1) is 19.5. The average molecular weight is 381 g/mol. The molecule has 1 aromatic carbocycles. The van der Waals surface area contributed by atoms with Gasteiger partial charge in [0.15, 0.2) is 11.0 Å². The minimum Gasteiger partial charge on any atom is -0.383 e. The minimum atomic E-state index is -0.302. The van der Waals surface area contributed by atoms with E-state index in [9.17, 15) is 4.79 Å². The summed E-state index contributed by atoms with van der Waals surface area (Å²) in [4.78, 5) is 12.1. The highest BCUT2D eigenvalue weighted by Gasteiger charge is 2.20. The van der Waals surface area contributed by atoms with E-state index in [1.807, 2.05) is 35.8 Å². The summed E-state index contributed by atoms with van der Waals surface area (Å²) < 4.78 is 7.14. The van der Waals surface area contributed by atoms with E-state index in [0.717, 1.165) is 11.4 Å². The van der Waals surface area contributed by atoms with Crippen LogP contribution in [-0.4, -0.2) is 46.2 Å². The fourth-order valence-corrected chi connectivity index (χ4v) is 3.13. The molecule has 0 bridgehead atoms. The van der Waals surface area contributed by atoms with Gasteiger partial charge in [0.25, 0.3) is 0 Å². The van der Waals surface area contributed by atoms with Crippen LogP contribution in [0.3, 0.4) is 0 Å². The first-order valence-electron chi connectivity index (χ1n) is 7.80. The third-order valence-corrected chi connectivity index (χ3v) is 4.74. The topological polar surface area (TPSA) is 69.0 Å². The average Bonchev–Trinajstić information content (AvgIpc) is 3.00. The Morgan fingerprint density at radius 2 is 2.16 bits per heavy atom. The second-order valence-corrected chi connectivity index (χ2v) is 7.00. The predicted octanol–water partition coefficient (Wildman–Crippen LogP) is 3.03. The lowest BCUT2D eigenvalue weighted by Crippen LogP contribution is -2.31. The molecule has 0 radical (unpaired) electrons. The monoisotopic (exact) mass is 380 g/mol. The molecule has 0 aliphatic rings. The van der Waals surface area contributed by atoms with E-state index in [1.54, 1.807) is 13.2 Å². The smallest absolute Gasteiger partial charge is 0.233 e. The Balaban J connectivity index is 2.24. The van der Waals surface area contributed by atoms with Gasteiger partial charge in [0, 0.05) is 24.2 Å². The molecule has 0 spiro atoms. The standard InChI is InChI=1S/C17H21ClN4O2S/c1-4-9-19-16(23)12(2)25-17-21-20-15(22(17)10-11-24-3)13-5-7-14(18)8-6-13/h4-8,12H,1,9-11H2,2-3H3,(H,19,23)/t12-/m0/s1. The van der Waals surface area contributed by atoms with E-state index in [0.29, 0.717) is 29.9 Å². The normalized spacial score (nSPS) is 12.0. The van der Waals surface area contributed by atoms with Crippen molar-refractivity contribution in [2.24, 2.45) is 0 Å². The molecule has 0 fully saturated rings. The molecule has 0 aliphatic heterocycles. The molecule has 1 amide bonds. The number of aromatic nitrogens is 3. The minimum absolute atomic E-state index is 0.0702. The highest BCUT2D eigenvalue weighted by atomic mass is 35.5. The Kier molecular flexibility index (Phi) is 7.49. The lowest BCUT2D eigenvalue weighted by molar-refractivity contribution is -0.120. The number of methoxy groups -OCH3 is 1. The molecular weight excluding hydrogens is 360 g/mol. The molecule has 25 heavy (non-hydrogen) atoms. The summed E-state index contributed by atoms with van der Waals surface area (Å²) in [7, 11) is 1.64. The zero-order chi connectivity index (χ0) is 18.2. The van der Waals surface area contributed by atoms with Crippen molar-refractivity contribution in [3.05, 3.63) is 41.9 Å². The summed E-state index contributed by atoms with van der Waals surface area (Å²) in [6.45, 7) is 6.98. The predicted molar refractivity (Wildman–Crippen MR) is 101 cm³/mol. The second kappa shape index (κ2) is 9.60. The Labute approximate surface area is 156 Å². The van der Waals surface area contributed by atoms with Crippen LogP contribution in [-0.2, 0) is 16.1 Å². The zero-order valence-corrected chi connectivity index (χ0v) is 15.8. The number of halogens is 1. The van der Waals surface area contributed by atoms with Crippen molar-refractivity contribution in [2.75, 3.05) is 20.3 Å². The van der Waals surface area contributed by atoms with Gasteiger partial charge in [-0.3, -0.25) is 9.36 Å². The molecular formula is C17H21ClN4O2S. The van der Waals surface area contributed by atoms with Crippen LogP contribution in [0.4, 0.5) is 0 Å². The number of carbonyl (C=O) groups excluding carboxylic acids is 1. The summed E-state index contributed by atoms with van der Waals surface area (Å²) >= 11 is 7.31. The molecule has 0 aliphatic carbocycles. The Morgan fingerprint density at radius 1 is 1.44 bits per heavy atom. The van der Waals surface area contributed by atoms with Crippen molar-refractivity contribution in [3.8, 4) is 11.4 Å². The van der Waals surface area contributed by atoms with Crippen molar-refractivity contribution < 1.29 is 9.53 Å². The van der Waals surface area contributed by atoms with Gasteiger partial charge in [-0.25, -0.2) is 0 Å². The summed E-state index contributed by atoms with van der Waals surface area (Å²) in [6.07, 6.45) is 1.65. The highest BCUT2D eigenvalue weighted by molar-refractivity contribution is 8.00. The molecule has 1 heterocycles. The molecule has 2 aromatic rings. The molecule has 134 valence electrons. The number of nitrogens with zero attached hydrogens (tertiary/aromatic N) is 3. The Morgan fingerprint density at radius 3 is 2.80 bits per heavy atom. The Bertz CT molecular complexity index is 718. The van der Waals surface area contributed by atoms with Crippen LogP contribution in [0, 0.1) is 0 Å². The first-order valence-corrected chi connectivity index (χ1v) is 9.06. The van der Waals surface area contributed by atoms with Gasteiger partial charge in [-0.15, -0.1) is 16.8 Å². The summed E-state index contributed by atoms with van der Waals surface area (Å²) in [5.41, 5.74) is 0.906. The fourth-order valence-electron chi connectivity index (χ4n) is 2.10. The van der Waals surface area contributed by atoms with E-state index in [1.165, 1.54) is 11.8 Å². The number of hydrogen-bond acceptors (Lipinski definition) is 5. The van der Waals surface area contributed by atoms with Crippen LogP contribution < -0.4 is 5.32 Å². The number of rotatable bonds is 9. The van der Waals surface area contributed by atoms with Crippen LogP contribution in [0.1, 0.15) is 6.92 Å². The number of amides is 1. The maximum absolute atomic E-state index is 12.1. The summed E-state index contributed by atoms with van der Waals surface area (Å²) in [5, 5.41) is 12.4. The summed E-state index contributed by atoms with van der Waals surface area (Å²) in [5.74, 6) is 0.647. The SMILES string of the molecule is C=CCNC(=O)[C@H](C)Sc1nnc(-c2ccc(Cl)cc2)n1CCOC. The third-order valence-electron chi connectivity index (χ3n) is 3.41. The van der Waals surface area contributed by atoms with Crippen molar-refractivity contribution in [1.82, 2.24) is 20.1 Å². The molecule has 1 aromatic heterocycles. The van der Waals surface area contributed by atoms with E-state index in [-0.39, 0.29) is 11.2 Å². The quantitative estimate of drug-likeness (QED) is 0.535. The zero-order valence-electron chi connectivity index (χ0n) is 14.2. The van der Waals surface area contributed by atoms with E-state index in [4.69, 9.17) is 16.3 Å². The number of thioether (sulfide) groups is 1. The van der Waals surface area contributed by atoms with Crippen LogP contribution >= 0.6 is 23.4 Å². The number of ether oxygens (including phenoxy) is 1. The van der Waals surface area contributed by atoms with Crippen molar-refractivity contribution >= 4 is 29.3 Å². The van der Waals surface area contributed by atoms with Crippen LogP contribution in [0.25, 0.3) is 11.4 Å². The van der Waals surface area contributed by atoms with Crippen molar-refractivity contribution in [1.29, 1.82) is 0 Å². The molecule has 0 saturated carbocycles. The van der Waals surface area contributed by atoms with Gasteiger partial charge in [-0.05, 0) is 31.2 Å². The fraction of sp³-hybridized carbons (Fsp3) is 0.353. The highest BCUT2D eigenvalue weighted by Crippen LogP contribution is 2.27. The molecule has 0 unspecified atom stereocenters. The van der Waals surface area contributed by atoms with Gasteiger partial charge in [0.05, 0.1) is 18.4 Å². The van der Waals surface area contributed by atoms with E-state index < -0.39 is 0 Å². The van der Waals surface area contributed by atoms with Crippen molar-refractivity contribution in [2.45, 2.75) is 23.9 Å². The van der Waals surface area contributed by atoms with Gasteiger partial charge in [-0.2, -0.15) is 0 Å². The first-order chi connectivity index (χ1) is 12.1. The van der Waals surface area contributed by atoms with Gasteiger partial charge >= 0.3 is 0 Å². The van der Waals surface area contributed by atoms with Crippen LogP contribution in [0.15, 0.2) is 42.1 Å². The largest absolute Gasteiger partial charge is 0.383 e. The summed E-state index contributed by atoms with van der Waals surface area (Å²) in [6, 6.07) is 7.41. The Hall–Kier alpha value is -1.83. The second-order valence-electron chi connectivity index (χ2n) is 5.25. The lowest BCUT2D eigenvalue weighted by Gasteiger charge is -2.13. The number of carbonyl (C=O) groups is 1. The van der Waals surface area contributed by atoms with Gasteiger partial charge in [0.2, 0.25) is 5.91 Å². The van der Waals surface area contributed by atoms with Crippen LogP contribution in [0.5, 0.6) is 0 Å². The molecule has 1 N–H and O–H groups in total. The van der Waals surface area contributed by atoms with Crippen LogP contribution in [0.2, 0.25) is 5.02 Å². The number of nitrogens with one attached hydrogen (secondary N) is 1. The maximum Gasteiger partial charge on any atom is 0.233 e. The molecule has 0 saturated heterocycles. The van der Waals surface area contributed by atoms with Gasteiger partial charge in [-0.1, -0.05) is 29.4 Å². The van der Waals surface area contributed by atoms with E-state index >= 15 is 0 Å². The molecule has 1 atom stereocenters. The van der Waals surface area contributed by atoms with Crippen molar-refractivity contribution in [3.63, 3.8) is 0 Å². The molecule has 2 rings (SSSR count).